The number of benzene rings is 1. The first-order valence-electron chi connectivity index (χ1n) is 5.76. The lowest BCUT2D eigenvalue weighted by Gasteiger charge is -2.30. The molecule has 0 spiro atoms. The highest BCUT2D eigenvalue weighted by Crippen LogP contribution is 2.33. The number of hydrogen-bond donors (Lipinski definition) is 1. The van der Waals surface area contributed by atoms with Crippen LogP contribution in [0.3, 0.4) is 0 Å². The third-order valence-corrected chi connectivity index (χ3v) is 4.28. The van der Waals surface area contributed by atoms with Gasteiger partial charge in [-0.3, -0.25) is 0 Å². The third kappa shape index (κ3) is 2.23. The van der Waals surface area contributed by atoms with Crippen LogP contribution in [-0.4, -0.2) is 18.2 Å². The van der Waals surface area contributed by atoms with Crippen molar-refractivity contribution in [2.24, 2.45) is 0 Å². The second kappa shape index (κ2) is 4.87. The Balaban J connectivity index is 2.31. The molecule has 0 saturated carbocycles. The highest BCUT2D eigenvalue weighted by Gasteiger charge is 2.37. The van der Waals surface area contributed by atoms with Gasteiger partial charge in [-0.2, -0.15) is 5.26 Å². The van der Waals surface area contributed by atoms with Gasteiger partial charge in [0.1, 0.15) is 6.07 Å². The van der Waals surface area contributed by atoms with E-state index in [0.717, 1.165) is 6.42 Å². The molecule has 1 aromatic rings. The van der Waals surface area contributed by atoms with Crippen molar-refractivity contribution in [3.63, 3.8) is 0 Å². The van der Waals surface area contributed by atoms with E-state index in [4.69, 9.17) is 10.00 Å². The zero-order valence-electron chi connectivity index (χ0n) is 10.3. The Morgan fingerprint density at radius 2 is 2.33 bits per heavy atom. The Kier molecular flexibility index (Phi) is 3.60. The van der Waals surface area contributed by atoms with Gasteiger partial charge in [0, 0.05) is 6.61 Å². The molecule has 18 heavy (non-hydrogen) atoms. The monoisotopic (exact) mass is 312 g/mol. The molecule has 0 radical (unpaired) electrons. The minimum absolute atomic E-state index is 0.0197. The van der Waals surface area contributed by atoms with E-state index in [0.29, 0.717) is 17.9 Å². The number of nitrogens with zero attached hydrogens (tertiary/aromatic N) is 1. The van der Waals surface area contributed by atoms with Crippen molar-refractivity contribution in [3.8, 4) is 6.07 Å². The molecule has 1 fully saturated rings. The highest BCUT2D eigenvalue weighted by atomic mass is 79.9. The number of halogens is 2. The summed E-state index contributed by atoms with van der Waals surface area (Å²) in [7, 11) is 0. The molecule has 0 bridgehead atoms. The molecule has 1 saturated heterocycles. The fourth-order valence-electron chi connectivity index (χ4n) is 2.04. The SMILES string of the molecule is CC1OCCC1(C)Nc1ccc(C#N)c(Br)c1F. The Hall–Kier alpha value is -1.12. The number of hydrogen-bond acceptors (Lipinski definition) is 3. The van der Waals surface area contributed by atoms with Crippen molar-refractivity contribution in [3.05, 3.63) is 28.0 Å². The van der Waals surface area contributed by atoms with Gasteiger partial charge in [0.2, 0.25) is 0 Å². The van der Waals surface area contributed by atoms with Gasteiger partial charge >= 0.3 is 0 Å². The van der Waals surface area contributed by atoms with E-state index >= 15 is 0 Å². The van der Waals surface area contributed by atoms with Gasteiger partial charge in [0.15, 0.2) is 5.82 Å². The van der Waals surface area contributed by atoms with Crippen LogP contribution in [0, 0.1) is 17.1 Å². The van der Waals surface area contributed by atoms with Crippen LogP contribution in [0.25, 0.3) is 0 Å². The van der Waals surface area contributed by atoms with Gasteiger partial charge < -0.3 is 10.1 Å². The van der Waals surface area contributed by atoms with Gasteiger partial charge in [-0.1, -0.05) is 0 Å². The Labute approximate surface area is 114 Å². The lowest BCUT2D eigenvalue weighted by molar-refractivity contribution is 0.105. The zero-order valence-corrected chi connectivity index (χ0v) is 11.8. The van der Waals surface area contributed by atoms with Crippen molar-refractivity contribution in [1.29, 1.82) is 5.26 Å². The molecular weight excluding hydrogens is 299 g/mol. The topological polar surface area (TPSA) is 45.0 Å². The first-order chi connectivity index (χ1) is 8.48. The predicted octanol–water partition coefficient (Wildman–Crippen LogP) is 3.44. The zero-order chi connectivity index (χ0) is 13.3. The summed E-state index contributed by atoms with van der Waals surface area (Å²) in [6.07, 6.45) is 0.844. The molecule has 0 amide bonds. The normalized spacial score (nSPS) is 26.9. The van der Waals surface area contributed by atoms with Crippen LogP contribution in [0.2, 0.25) is 0 Å². The molecule has 3 nitrogen and oxygen atoms in total. The number of ether oxygens (including phenoxy) is 1. The van der Waals surface area contributed by atoms with Crippen molar-refractivity contribution >= 4 is 21.6 Å². The van der Waals surface area contributed by atoms with E-state index in [1.165, 1.54) is 0 Å². The fraction of sp³-hybridized carbons (Fsp3) is 0.462. The van der Waals surface area contributed by atoms with E-state index in [9.17, 15) is 4.39 Å². The van der Waals surface area contributed by atoms with Crippen molar-refractivity contribution in [1.82, 2.24) is 0 Å². The number of nitrogens with one attached hydrogen (secondary N) is 1. The maximum atomic E-state index is 14.1. The first kappa shape index (κ1) is 13.3. The Bertz CT molecular complexity index is 514. The van der Waals surface area contributed by atoms with E-state index in [1.54, 1.807) is 12.1 Å². The molecule has 2 rings (SSSR count). The van der Waals surface area contributed by atoms with Crippen LogP contribution >= 0.6 is 15.9 Å². The summed E-state index contributed by atoms with van der Waals surface area (Å²) in [5, 5.41) is 12.0. The van der Waals surface area contributed by atoms with Crippen molar-refractivity contribution in [2.75, 3.05) is 11.9 Å². The second-order valence-corrected chi connectivity index (χ2v) is 5.50. The standard InChI is InChI=1S/C13H14BrFN2O/c1-8-13(2,5-6-18-8)17-10-4-3-9(7-16)11(14)12(10)15/h3-4,8,17H,5-6H2,1-2H3. The molecule has 1 aliphatic heterocycles. The average Bonchev–Trinajstić information content (AvgIpc) is 2.66. The van der Waals surface area contributed by atoms with E-state index in [1.807, 2.05) is 19.9 Å². The largest absolute Gasteiger partial charge is 0.376 e. The molecule has 1 aromatic carbocycles. The van der Waals surface area contributed by atoms with Crippen LogP contribution in [0.4, 0.5) is 10.1 Å². The molecule has 2 atom stereocenters. The maximum Gasteiger partial charge on any atom is 0.161 e. The molecule has 0 aromatic heterocycles. The summed E-state index contributed by atoms with van der Waals surface area (Å²) in [5.74, 6) is -0.436. The average molecular weight is 313 g/mol. The summed E-state index contributed by atoms with van der Waals surface area (Å²) in [4.78, 5) is 0. The molecule has 96 valence electrons. The molecular formula is C13H14BrFN2O. The smallest absolute Gasteiger partial charge is 0.161 e. The molecule has 5 heteroatoms. The maximum absolute atomic E-state index is 14.1. The summed E-state index contributed by atoms with van der Waals surface area (Å²) in [6.45, 7) is 4.65. The van der Waals surface area contributed by atoms with Crippen molar-refractivity contribution in [2.45, 2.75) is 31.9 Å². The number of rotatable bonds is 2. The van der Waals surface area contributed by atoms with Gasteiger partial charge in [0.25, 0.3) is 0 Å². The molecule has 2 unspecified atom stereocenters. The second-order valence-electron chi connectivity index (χ2n) is 4.71. The summed E-state index contributed by atoms with van der Waals surface area (Å²) in [5.41, 5.74) is 0.397. The van der Waals surface area contributed by atoms with Gasteiger partial charge in [0.05, 0.1) is 27.4 Å². The van der Waals surface area contributed by atoms with Crippen LogP contribution < -0.4 is 5.32 Å². The van der Waals surface area contributed by atoms with Crippen molar-refractivity contribution < 1.29 is 9.13 Å². The molecule has 1 heterocycles. The van der Waals surface area contributed by atoms with E-state index in [2.05, 4.69) is 21.2 Å². The van der Waals surface area contributed by atoms with Crippen LogP contribution in [0.15, 0.2) is 16.6 Å². The van der Waals surface area contributed by atoms with Gasteiger partial charge in [-0.15, -0.1) is 0 Å². The lowest BCUT2D eigenvalue weighted by Crippen LogP contribution is -2.41. The van der Waals surface area contributed by atoms with E-state index < -0.39 is 5.82 Å². The van der Waals surface area contributed by atoms with Crippen LogP contribution in [0.1, 0.15) is 25.8 Å². The first-order valence-corrected chi connectivity index (χ1v) is 6.55. The summed E-state index contributed by atoms with van der Waals surface area (Å²) < 4.78 is 19.8. The Morgan fingerprint density at radius 1 is 1.61 bits per heavy atom. The van der Waals surface area contributed by atoms with Gasteiger partial charge in [-0.25, -0.2) is 4.39 Å². The lowest BCUT2D eigenvalue weighted by atomic mass is 9.94. The van der Waals surface area contributed by atoms with E-state index in [-0.39, 0.29) is 16.1 Å². The highest BCUT2D eigenvalue weighted by molar-refractivity contribution is 9.10. The molecule has 1 aliphatic rings. The summed E-state index contributed by atoms with van der Waals surface area (Å²) >= 11 is 3.10. The number of nitriles is 1. The molecule has 0 aliphatic carbocycles. The van der Waals surface area contributed by atoms with Crippen LogP contribution in [-0.2, 0) is 4.74 Å². The quantitative estimate of drug-likeness (QED) is 0.910. The number of anilines is 1. The predicted molar refractivity (Wildman–Crippen MR) is 70.9 cm³/mol. The minimum Gasteiger partial charge on any atom is -0.376 e. The minimum atomic E-state index is -0.436. The summed E-state index contributed by atoms with van der Waals surface area (Å²) in [6, 6.07) is 5.12. The molecule has 1 N–H and O–H groups in total. The fourth-order valence-corrected chi connectivity index (χ4v) is 2.47. The van der Waals surface area contributed by atoms with Crippen LogP contribution in [0.5, 0.6) is 0 Å². The van der Waals surface area contributed by atoms with Gasteiger partial charge in [-0.05, 0) is 48.3 Å². The Morgan fingerprint density at radius 3 is 2.89 bits per heavy atom. The third-order valence-electron chi connectivity index (χ3n) is 3.51.